The van der Waals surface area contributed by atoms with Crippen molar-refractivity contribution in [2.24, 2.45) is 0 Å². The van der Waals surface area contributed by atoms with E-state index in [0.717, 1.165) is 5.56 Å². The van der Waals surface area contributed by atoms with Gasteiger partial charge >= 0.3 is 0 Å². The number of halogens is 1. The number of piperazine rings is 1. The number of hydrogen-bond acceptors (Lipinski definition) is 2. The van der Waals surface area contributed by atoms with E-state index in [4.69, 9.17) is 0 Å². The van der Waals surface area contributed by atoms with Crippen molar-refractivity contribution in [1.29, 1.82) is 0 Å². The van der Waals surface area contributed by atoms with E-state index < -0.39 is 11.6 Å². The lowest BCUT2D eigenvalue weighted by atomic mass is 9.97. The van der Waals surface area contributed by atoms with Gasteiger partial charge in [0, 0.05) is 6.54 Å². The Labute approximate surface area is 118 Å². The Kier molecular flexibility index (Phi) is 3.79. The molecule has 1 saturated heterocycles. The number of hydrogen-bond donors (Lipinski definition) is 1. The van der Waals surface area contributed by atoms with Crippen molar-refractivity contribution in [3.8, 4) is 0 Å². The Balaban J connectivity index is 2.10. The highest BCUT2D eigenvalue weighted by atomic mass is 19.1. The molecule has 5 heteroatoms. The summed E-state index contributed by atoms with van der Waals surface area (Å²) in [5.41, 5.74) is -0.0697. The Morgan fingerprint density at radius 3 is 2.70 bits per heavy atom. The van der Waals surface area contributed by atoms with Crippen LogP contribution in [0, 0.1) is 5.82 Å². The number of carbonyl (C=O) groups is 2. The van der Waals surface area contributed by atoms with Gasteiger partial charge in [0.2, 0.25) is 11.8 Å². The highest BCUT2D eigenvalue weighted by molar-refractivity contribution is 5.99. The molecule has 1 aromatic carbocycles. The fourth-order valence-electron chi connectivity index (χ4n) is 2.38. The summed E-state index contributed by atoms with van der Waals surface area (Å²) in [6.45, 7) is 5.48. The maximum Gasteiger partial charge on any atom is 0.248 e. The van der Waals surface area contributed by atoms with Crippen molar-refractivity contribution in [2.75, 3.05) is 6.54 Å². The minimum atomic E-state index is -0.883. The topological polar surface area (TPSA) is 49.4 Å². The van der Waals surface area contributed by atoms with Gasteiger partial charge in [-0.3, -0.25) is 9.59 Å². The maximum absolute atomic E-state index is 13.1. The molecule has 0 bridgehead atoms. The molecule has 0 saturated carbocycles. The van der Waals surface area contributed by atoms with Crippen molar-refractivity contribution in [2.45, 2.75) is 38.8 Å². The van der Waals surface area contributed by atoms with Crippen LogP contribution in [0.2, 0.25) is 0 Å². The van der Waals surface area contributed by atoms with Crippen LogP contribution in [0.5, 0.6) is 0 Å². The van der Waals surface area contributed by atoms with Crippen LogP contribution < -0.4 is 5.32 Å². The molecule has 108 valence electrons. The van der Waals surface area contributed by atoms with E-state index in [2.05, 4.69) is 5.32 Å². The van der Waals surface area contributed by atoms with Gasteiger partial charge in [-0.05, 0) is 44.9 Å². The second-order valence-electron chi connectivity index (χ2n) is 5.67. The summed E-state index contributed by atoms with van der Waals surface area (Å²) < 4.78 is 13.1. The summed E-state index contributed by atoms with van der Waals surface area (Å²) in [7, 11) is 0. The predicted octanol–water partition coefficient (Wildman–Crippen LogP) is 1.49. The first-order chi connectivity index (χ1) is 9.31. The highest BCUT2D eigenvalue weighted by Crippen LogP contribution is 2.18. The smallest absolute Gasteiger partial charge is 0.248 e. The Morgan fingerprint density at radius 1 is 1.35 bits per heavy atom. The minimum Gasteiger partial charge on any atom is -0.340 e. The van der Waals surface area contributed by atoms with Gasteiger partial charge in [-0.15, -0.1) is 0 Å². The van der Waals surface area contributed by atoms with Crippen LogP contribution in [0.3, 0.4) is 0 Å². The molecule has 1 heterocycles. The number of carbonyl (C=O) groups excluding carboxylic acids is 2. The van der Waals surface area contributed by atoms with Gasteiger partial charge in [-0.25, -0.2) is 4.39 Å². The van der Waals surface area contributed by atoms with Crippen LogP contribution in [0.4, 0.5) is 4.39 Å². The molecule has 1 aliphatic rings. The summed E-state index contributed by atoms with van der Waals surface area (Å²) >= 11 is 0. The third kappa shape index (κ3) is 2.81. The molecule has 1 atom stereocenters. The average molecular weight is 278 g/mol. The molecule has 1 N–H and O–H groups in total. The van der Waals surface area contributed by atoms with Gasteiger partial charge < -0.3 is 10.2 Å². The van der Waals surface area contributed by atoms with Crippen molar-refractivity contribution in [3.05, 3.63) is 35.6 Å². The van der Waals surface area contributed by atoms with Crippen LogP contribution in [0.25, 0.3) is 0 Å². The standard InChI is InChI=1S/C15H19FN2O2/c1-10-13(19)17-15(2,3)14(20)18(10)8-7-11-5-4-6-12(16)9-11/h4-6,9-10H,7-8H2,1-3H3,(H,17,19). The number of benzene rings is 1. The molecule has 1 unspecified atom stereocenters. The molecule has 1 aromatic rings. The number of amides is 2. The van der Waals surface area contributed by atoms with E-state index >= 15 is 0 Å². The van der Waals surface area contributed by atoms with E-state index in [9.17, 15) is 14.0 Å². The van der Waals surface area contributed by atoms with Gasteiger partial charge in [0.15, 0.2) is 0 Å². The average Bonchev–Trinajstić information content (AvgIpc) is 2.36. The largest absolute Gasteiger partial charge is 0.340 e. The van der Waals surface area contributed by atoms with E-state index in [0.29, 0.717) is 13.0 Å². The molecular formula is C15H19FN2O2. The van der Waals surface area contributed by atoms with E-state index in [1.807, 2.05) is 6.07 Å². The van der Waals surface area contributed by atoms with Crippen LogP contribution in [-0.2, 0) is 16.0 Å². The Bertz CT molecular complexity index is 542. The van der Waals surface area contributed by atoms with Crippen LogP contribution in [0.1, 0.15) is 26.3 Å². The molecular weight excluding hydrogens is 259 g/mol. The van der Waals surface area contributed by atoms with Crippen molar-refractivity contribution in [1.82, 2.24) is 10.2 Å². The SMILES string of the molecule is CC1C(=O)NC(C)(C)C(=O)N1CCc1cccc(F)c1. The first kappa shape index (κ1) is 14.5. The zero-order chi connectivity index (χ0) is 14.9. The molecule has 0 spiro atoms. The second-order valence-corrected chi connectivity index (χ2v) is 5.67. The lowest BCUT2D eigenvalue weighted by molar-refractivity contribution is -0.152. The zero-order valence-corrected chi connectivity index (χ0v) is 11.9. The molecule has 2 rings (SSSR count). The molecule has 1 aliphatic heterocycles. The van der Waals surface area contributed by atoms with Crippen molar-refractivity contribution >= 4 is 11.8 Å². The molecule has 20 heavy (non-hydrogen) atoms. The van der Waals surface area contributed by atoms with Crippen LogP contribution in [0.15, 0.2) is 24.3 Å². The Morgan fingerprint density at radius 2 is 2.05 bits per heavy atom. The van der Waals surface area contributed by atoms with Gasteiger partial charge in [-0.1, -0.05) is 12.1 Å². The number of nitrogens with one attached hydrogen (secondary N) is 1. The Hall–Kier alpha value is -1.91. The quantitative estimate of drug-likeness (QED) is 0.910. The number of nitrogens with zero attached hydrogens (tertiary/aromatic N) is 1. The molecule has 4 nitrogen and oxygen atoms in total. The summed E-state index contributed by atoms with van der Waals surface area (Å²) in [5, 5.41) is 2.70. The summed E-state index contributed by atoms with van der Waals surface area (Å²) in [4.78, 5) is 25.8. The van der Waals surface area contributed by atoms with Crippen LogP contribution in [-0.4, -0.2) is 34.8 Å². The van der Waals surface area contributed by atoms with Gasteiger partial charge in [-0.2, -0.15) is 0 Å². The summed E-state index contributed by atoms with van der Waals surface area (Å²) in [5.74, 6) is -0.562. The van der Waals surface area contributed by atoms with E-state index in [1.54, 1.807) is 31.7 Å². The molecule has 0 aliphatic carbocycles. The third-order valence-electron chi connectivity index (χ3n) is 3.61. The van der Waals surface area contributed by atoms with E-state index in [-0.39, 0.29) is 17.6 Å². The van der Waals surface area contributed by atoms with Crippen molar-refractivity contribution in [3.63, 3.8) is 0 Å². The van der Waals surface area contributed by atoms with Gasteiger partial charge in [0.1, 0.15) is 17.4 Å². The normalized spacial score (nSPS) is 21.8. The lowest BCUT2D eigenvalue weighted by Crippen LogP contribution is -2.67. The van der Waals surface area contributed by atoms with E-state index in [1.165, 1.54) is 12.1 Å². The fraction of sp³-hybridized carbons (Fsp3) is 0.467. The monoisotopic (exact) mass is 278 g/mol. The minimum absolute atomic E-state index is 0.110. The van der Waals surface area contributed by atoms with Gasteiger partial charge in [0.05, 0.1) is 0 Å². The third-order valence-corrected chi connectivity index (χ3v) is 3.61. The second kappa shape index (κ2) is 5.23. The van der Waals surface area contributed by atoms with Crippen LogP contribution >= 0.6 is 0 Å². The zero-order valence-electron chi connectivity index (χ0n) is 11.9. The predicted molar refractivity (Wildman–Crippen MR) is 73.5 cm³/mol. The molecule has 0 radical (unpaired) electrons. The lowest BCUT2D eigenvalue weighted by Gasteiger charge is -2.41. The molecule has 0 aromatic heterocycles. The fourth-order valence-corrected chi connectivity index (χ4v) is 2.38. The first-order valence-corrected chi connectivity index (χ1v) is 6.69. The first-order valence-electron chi connectivity index (χ1n) is 6.69. The maximum atomic E-state index is 13.1. The van der Waals surface area contributed by atoms with Gasteiger partial charge in [0.25, 0.3) is 0 Å². The summed E-state index contributed by atoms with van der Waals surface area (Å²) in [6.07, 6.45) is 0.525. The summed E-state index contributed by atoms with van der Waals surface area (Å²) in [6, 6.07) is 5.79. The number of rotatable bonds is 3. The van der Waals surface area contributed by atoms with Crippen molar-refractivity contribution < 1.29 is 14.0 Å². The highest BCUT2D eigenvalue weighted by Gasteiger charge is 2.42. The molecule has 2 amide bonds. The molecule has 1 fully saturated rings.